The van der Waals surface area contributed by atoms with Gasteiger partial charge in [0.2, 0.25) is 0 Å². The molecule has 0 spiro atoms. The van der Waals surface area contributed by atoms with Crippen molar-refractivity contribution < 1.29 is 19.1 Å². The van der Waals surface area contributed by atoms with Gasteiger partial charge in [-0.3, -0.25) is 4.90 Å². The molecule has 0 saturated carbocycles. The van der Waals surface area contributed by atoms with E-state index in [1.165, 1.54) is 16.0 Å². The van der Waals surface area contributed by atoms with Crippen molar-refractivity contribution in [2.45, 2.75) is 44.6 Å². The van der Waals surface area contributed by atoms with E-state index in [-0.39, 0.29) is 31.1 Å². The number of nitrogens with zero attached hydrogens (tertiary/aromatic N) is 1. The SMILES string of the molecule is C=CCCC1(CC(C)C)C(=O)OCN1C(=O)OCC1c2ccccc2-c2ccccc21. The van der Waals surface area contributed by atoms with E-state index < -0.39 is 11.6 Å². The molecular formula is C26H29NO4. The lowest BCUT2D eigenvalue weighted by molar-refractivity contribution is -0.143. The molecule has 1 aliphatic heterocycles. The van der Waals surface area contributed by atoms with Crippen LogP contribution < -0.4 is 0 Å². The third-order valence-electron chi connectivity index (χ3n) is 6.29. The maximum atomic E-state index is 13.2. The third kappa shape index (κ3) is 3.73. The average Bonchev–Trinajstić information content (AvgIpc) is 3.25. The van der Waals surface area contributed by atoms with E-state index in [9.17, 15) is 9.59 Å². The van der Waals surface area contributed by atoms with Crippen LogP contribution in [0.2, 0.25) is 0 Å². The summed E-state index contributed by atoms with van der Waals surface area (Å²) in [5, 5.41) is 0. The Morgan fingerprint density at radius 1 is 1.19 bits per heavy atom. The van der Waals surface area contributed by atoms with E-state index in [0.717, 1.165) is 11.1 Å². The van der Waals surface area contributed by atoms with Crippen LogP contribution in [-0.2, 0) is 14.3 Å². The van der Waals surface area contributed by atoms with E-state index in [4.69, 9.17) is 9.47 Å². The molecule has 2 aromatic rings. The molecule has 0 radical (unpaired) electrons. The van der Waals surface area contributed by atoms with E-state index in [1.54, 1.807) is 6.08 Å². The summed E-state index contributed by atoms with van der Waals surface area (Å²) in [6.07, 6.45) is 2.90. The summed E-state index contributed by atoms with van der Waals surface area (Å²) in [7, 11) is 0. The zero-order chi connectivity index (χ0) is 22.0. The molecule has 1 fully saturated rings. The van der Waals surface area contributed by atoms with Gasteiger partial charge in [0.1, 0.15) is 12.1 Å². The number of allylic oxidation sites excluding steroid dienone is 1. The summed E-state index contributed by atoms with van der Waals surface area (Å²) in [6, 6.07) is 16.4. The Bertz CT molecular complexity index is 953. The molecule has 0 aromatic heterocycles. The van der Waals surface area contributed by atoms with Gasteiger partial charge in [0.15, 0.2) is 6.73 Å². The summed E-state index contributed by atoms with van der Waals surface area (Å²) in [5.74, 6) is -0.154. The number of fused-ring (bicyclic) bond motifs is 3. The van der Waals surface area contributed by atoms with Crippen LogP contribution in [-0.4, -0.2) is 35.8 Å². The quantitative estimate of drug-likeness (QED) is 0.439. The van der Waals surface area contributed by atoms with Gasteiger partial charge in [0.05, 0.1) is 0 Å². The van der Waals surface area contributed by atoms with E-state index in [2.05, 4.69) is 30.8 Å². The van der Waals surface area contributed by atoms with Gasteiger partial charge in [-0.2, -0.15) is 0 Å². The lowest BCUT2D eigenvalue weighted by Crippen LogP contribution is -2.52. The number of hydrogen-bond donors (Lipinski definition) is 0. The topological polar surface area (TPSA) is 55.8 Å². The Labute approximate surface area is 183 Å². The van der Waals surface area contributed by atoms with Gasteiger partial charge in [-0.25, -0.2) is 9.59 Å². The number of cyclic esters (lactones) is 1. The minimum atomic E-state index is -0.995. The Morgan fingerprint density at radius 3 is 2.39 bits per heavy atom. The summed E-state index contributed by atoms with van der Waals surface area (Å²) in [6.45, 7) is 8.00. The highest BCUT2D eigenvalue weighted by atomic mass is 16.6. The predicted octanol–water partition coefficient (Wildman–Crippen LogP) is 5.50. The van der Waals surface area contributed by atoms with E-state index >= 15 is 0 Å². The summed E-state index contributed by atoms with van der Waals surface area (Å²) in [4.78, 5) is 27.4. The number of amides is 1. The summed E-state index contributed by atoms with van der Waals surface area (Å²) < 4.78 is 11.2. The van der Waals surface area contributed by atoms with Crippen LogP contribution in [0, 0.1) is 5.92 Å². The second kappa shape index (κ2) is 8.58. The van der Waals surface area contributed by atoms with Crippen LogP contribution >= 0.6 is 0 Å². The van der Waals surface area contributed by atoms with Gasteiger partial charge in [0.25, 0.3) is 0 Å². The fourth-order valence-electron chi connectivity index (χ4n) is 4.94. The number of carbonyl (C=O) groups is 2. The highest BCUT2D eigenvalue weighted by Gasteiger charge is 2.53. The first kappa shape index (κ1) is 21.2. The molecule has 1 atom stereocenters. The zero-order valence-electron chi connectivity index (χ0n) is 18.2. The van der Waals surface area contributed by atoms with Gasteiger partial charge in [-0.1, -0.05) is 68.5 Å². The molecule has 1 saturated heterocycles. The molecule has 0 bridgehead atoms. The van der Waals surface area contributed by atoms with Crippen molar-refractivity contribution in [3.63, 3.8) is 0 Å². The number of rotatable bonds is 7. The monoisotopic (exact) mass is 419 g/mol. The molecular weight excluding hydrogens is 390 g/mol. The number of hydrogen-bond acceptors (Lipinski definition) is 4. The molecule has 2 aliphatic rings. The number of ether oxygens (including phenoxy) is 2. The van der Waals surface area contributed by atoms with E-state index in [1.807, 2.05) is 38.1 Å². The highest BCUT2D eigenvalue weighted by molar-refractivity contribution is 5.88. The fraction of sp³-hybridized carbons (Fsp3) is 0.385. The van der Waals surface area contributed by atoms with Gasteiger partial charge in [0, 0.05) is 5.92 Å². The molecule has 5 nitrogen and oxygen atoms in total. The van der Waals surface area contributed by atoms with Crippen LogP contribution in [0.5, 0.6) is 0 Å². The first-order valence-electron chi connectivity index (χ1n) is 10.9. The number of carbonyl (C=O) groups excluding carboxylic acids is 2. The van der Waals surface area contributed by atoms with Crippen molar-refractivity contribution in [1.29, 1.82) is 0 Å². The molecule has 31 heavy (non-hydrogen) atoms. The zero-order valence-corrected chi connectivity index (χ0v) is 18.2. The lowest BCUT2D eigenvalue weighted by atomic mass is 9.84. The van der Waals surface area contributed by atoms with Crippen LogP contribution in [0.4, 0.5) is 4.79 Å². The van der Waals surface area contributed by atoms with Crippen molar-refractivity contribution in [3.8, 4) is 11.1 Å². The lowest BCUT2D eigenvalue weighted by Gasteiger charge is -2.34. The minimum Gasteiger partial charge on any atom is -0.448 e. The normalized spacial score (nSPS) is 19.8. The van der Waals surface area contributed by atoms with Crippen molar-refractivity contribution >= 4 is 12.1 Å². The Balaban J connectivity index is 1.55. The third-order valence-corrected chi connectivity index (χ3v) is 6.29. The van der Waals surface area contributed by atoms with E-state index in [0.29, 0.717) is 19.3 Å². The van der Waals surface area contributed by atoms with Crippen LogP contribution in [0.25, 0.3) is 11.1 Å². The van der Waals surface area contributed by atoms with Crippen molar-refractivity contribution in [1.82, 2.24) is 4.90 Å². The van der Waals surface area contributed by atoms with Gasteiger partial charge < -0.3 is 9.47 Å². The summed E-state index contributed by atoms with van der Waals surface area (Å²) in [5.41, 5.74) is 3.68. The predicted molar refractivity (Wildman–Crippen MR) is 119 cm³/mol. The molecule has 1 unspecified atom stereocenters. The summed E-state index contributed by atoms with van der Waals surface area (Å²) >= 11 is 0. The molecule has 4 rings (SSSR count). The average molecular weight is 420 g/mol. The van der Waals surface area contributed by atoms with Gasteiger partial charge in [-0.05, 0) is 47.4 Å². The molecule has 2 aromatic carbocycles. The van der Waals surface area contributed by atoms with Crippen LogP contribution in [0.1, 0.15) is 50.2 Å². The Kier molecular flexibility index (Phi) is 5.86. The number of benzene rings is 2. The first-order chi connectivity index (χ1) is 15.0. The standard InChI is InChI=1S/C26H29NO4/c1-4-5-14-26(15-18(2)3)24(28)31-17-27(26)25(29)30-16-23-21-12-8-6-10-19(21)20-11-7-9-13-22(20)23/h4,6-13,18,23H,1,5,14-17H2,2-3H3. The largest absolute Gasteiger partial charge is 0.448 e. The number of esters is 1. The highest BCUT2D eigenvalue weighted by Crippen LogP contribution is 2.45. The second-order valence-corrected chi connectivity index (χ2v) is 8.75. The van der Waals surface area contributed by atoms with Crippen LogP contribution in [0.15, 0.2) is 61.2 Å². The smallest absolute Gasteiger partial charge is 0.413 e. The minimum absolute atomic E-state index is 0.0248. The molecule has 0 N–H and O–H groups in total. The van der Waals surface area contributed by atoms with Gasteiger partial charge >= 0.3 is 12.1 Å². The Hall–Kier alpha value is -3.08. The molecule has 1 heterocycles. The fourth-order valence-corrected chi connectivity index (χ4v) is 4.94. The molecule has 162 valence electrons. The Morgan fingerprint density at radius 2 is 1.81 bits per heavy atom. The van der Waals surface area contributed by atoms with Crippen molar-refractivity contribution in [2.24, 2.45) is 5.92 Å². The molecule has 1 aliphatic carbocycles. The van der Waals surface area contributed by atoms with Crippen molar-refractivity contribution in [3.05, 3.63) is 72.3 Å². The van der Waals surface area contributed by atoms with Gasteiger partial charge in [-0.15, -0.1) is 6.58 Å². The first-order valence-corrected chi connectivity index (χ1v) is 10.9. The van der Waals surface area contributed by atoms with Crippen molar-refractivity contribution in [2.75, 3.05) is 13.3 Å². The molecule has 5 heteroatoms. The van der Waals surface area contributed by atoms with Crippen LogP contribution in [0.3, 0.4) is 0 Å². The maximum Gasteiger partial charge on any atom is 0.413 e. The second-order valence-electron chi connectivity index (χ2n) is 8.75. The molecule has 1 amide bonds. The maximum absolute atomic E-state index is 13.2.